The summed E-state index contributed by atoms with van der Waals surface area (Å²) in [5, 5.41) is 10.1. The van der Waals surface area contributed by atoms with Crippen molar-refractivity contribution < 1.29 is 13.2 Å². The lowest BCUT2D eigenvalue weighted by Crippen LogP contribution is -2.25. The summed E-state index contributed by atoms with van der Waals surface area (Å²) in [4.78, 5) is 11.6. The molecule has 136 valence electrons. The molecule has 2 N–H and O–H groups in total. The number of carbonyl (C=O) groups excluding carboxylic acids is 1. The molecule has 0 aliphatic rings. The molecule has 0 aliphatic carbocycles. The first-order chi connectivity index (χ1) is 11.8. The average molecular weight is 383 g/mol. The van der Waals surface area contributed by atoms with E-state index in [2.05, 4.69) is 26.3 Å². The van der Waals surface area contributed by atoms with Crippen LogP contribution in [0.3, 0.4) is 0 Å². The minimum atomic E-state index is -3.71. The summed E-state index contributed by atoms with van der Waals surface area (Å²) in [6.07, 6.45) is 1.47. The molecule has 2 aromatic rings. The van der Waals surface area contributed by atoms with E-state index >= 15 is 0 Å². The van der Waals surface area contributed by atoms with Gasteiger partial charge in [-0.15, -0.1) is 10.2 Å². The van der Waals surface area contributed by atoms with Gasteiger partial charge in [0.05, 0.1) is 0 Å². The minimum Gasteiger partial charge on any atom is -0.300 e. The zero-order valence-electron chi connectivity index (χ0n) is 14.4. The molecule has 7 nitrogen and oxygen atoms in total. The van der Waals surface area contributed by atoms with Gasteiger partial charge in [0.25, 0.3) is 10.0 Å². The lowest BCUT2D eigenvalue weighted by atomic mass is 10.1. The van der Waals surface area contributed by atoms with Gasteiger partial charge in [0, 0.05) is 12.5 Å². The first-order valence-electron chi connectivity index (χ1n) is 7.97. The van der Waals surface area contributed by atoms with Crippen LogP contribution >= 0.6 is 11.3 Å². The normalized spacial score (nSPS) is 11.7. The third-order valence-electron chi connectivity index (χ3n) is 3.41. The molecule has 1 amide bonds. The zero-order chi connectivity index (χ0) is 18.4. The number of hydrogen-bond acceptors (Lipinski definition) is 6. The SMILES string of the molecule is Cc1cccc(CCCNS(=O)(=O)c2nnc(NC(=O)C(C)C)s2)c1. The van der Waals surface area contributed by atoms with Gasteiger partial charge in [-0.05, 0) is 25.3 Å². The Morgan fingerprint density at radius 1 is 1.28 bits per heavy atom. The van der Waals surface area contributed by atoms with Gasteiger partial charge in [0.15, 0.2) is 0 Å². The maximum absolute atomic E-state index is 12.2. The van der Waals surface area contributed by atoms with Gasteiger partial charge >= 0.3 is 0 Å². The van der Waals surface area contributed by atoms with E-state index in [0.717, 1.165) is 17.8 Å². The molecule has 0 fully saturated rings. The molecule has 0 saturated carbocycles. The number of hydrogen-bond donors (Lipinski definition) is 2. The number of aromatic nitrogens is 2. The van der Waals surface area contributed by atoms with Crippen molar-refractivity contribution in [3.63, 3.8) is 0 Å². The molecular weight excluding hydrogens is 360 g/mol. The third kappa shape index (κ3) is 5.87. The van der Waals surface area contributed by atoms with E-state index in [1.807, 2.05) is 25.1 Å². The summed E-state index contributed by atoms with van der Waals surface area (Å²) < 4.78 is 26.8. The topological polar surface area (TPSA) is 101 Å². The first-order valence-corrected chi connectivity index (χ1v) is 10.3. The molecule has 0 bridgehead atoms. The highest BCUT2D eigenvalue weighted by molar-refractivity contribution is 7.91. The lowest BCUT2D eigenvalue weighted by molar-refractivity contribution is -0.118. The van der Waals surface area contributed by atoms with E-state index in [0.29, 0.717) is 13.0 Å². The van der Waals surface area contributed by atoms with Crippen LogP contribution in [0, 0.1) is 12.8 Å². The highest BCUT2D eigenvalue weighted by Gasteiger charge is 2.20. The molecular formula is C16H22N4O3S2. The fourth-order valence-corrected chi connectivity index (χ4v) is 4.06. The number of sulfonamides is 1. The maximum Gasteiger partial charge on any atom is 0.269 e. The van der Waals surface area contributed by atoms with Crippen molar-refractivity contribution >= 4 is 32.4 Å². The number of benzene rings is 1. The Bertz CT molecular complexity index is 831. The van der Waals surface area contributed by atoms with Gasteiger partial charge in [-0.2, -0.15) is 0 Å². The molecule has 2 rings (SSSR count). The number of rotatable bonds is 8. The lowest BCUT2D eigenvalue weighted by Gasteiger charge is -2.05. The van der Waals surface area contributed by atoms with Crippen molar-refractivity contribution in [3.05, 3.63) is 35.4 Å². The van der Waals surface area contributed by atoms with Crippen LogP contribution < -0.4 is 10.0 Å². The van der Waals surface area contributed by atoms with E-state index in [-0.39, 0.29) is 21.3 Å². The second-order valence-electron chi connectivity index (χ2n) is 6.01. The average Bonchev–Trinajstić information content (AvgIpc) is 3.01. The predicted molar refractivity (Wildman–Crippen MR) is 98.1 cm³/mol. The van der Waals surface area contributed by atoms with Crippen LogP contribution in [0.2, 0.25) is 0 Å². The molecule has 0 aliphatic heterocycles. The van der Waals surface area contributed by atoms with Crippen molar-refractivity contribution in [2.45, 2.75) is 38.0 Å². The monoisotopic (exact) mass is 382 g/mol. The van der Waals surface area contributed by atoms with Gasteiger partial charge in [0.2, 0.25) is 15.4 Å². The summed E-state index contributed by atoms with van der Waals surface area (Å²) >= 11 is 0.837. The molecule has 0 unspecified atom stereocenters. The summed E-state index contributed by atoms with van der Waals surface area (Å²) in [7, 11) is -3.71. The second kappa shape index (κ2) is 8.50. The second-order valence-corrected chi connectivity index (χ2v) is 8.93. The quantitative estimate of drug-likeness (QED) is 0.539. The van der Waals surface area contributed by atoms with Crippen LogP contribution in [0.15, 0.2) is 28.6 Å². The van der Waals surface area contributed by atoms with E-state index in [1.54, 1.807) is 13.8 Å². The molecule has 25 heavy (non-hydrogen) atoms. The Balaban J connectivity index is 1.87. The number of carbonyl (C=O) groups is 1. The van der Waals surface area contributed by atoms with Crippen molar-refractivity contribution in [2.24, 2.45) is 5.92 Å². The fraction of sp³-hybridized carbons (Fsp3) is 0.438. The molecule has 0 radical (unpaired) electrons. The van der Waals surface area contributed by atoms with Crippen LogP contribution in [0.1, 0.15) is 31.4 Å². The number of amides is 1. The van der Waals surface area contributed by atoms with Gasteiger partial charge in [-0.3, -0.25) is 4.79 Å². The van der Waals surface area contributed by atoms with Gasteiger partial charge < -0.3 is 5.32 Å². The Labute approximate surface area is 151 Å². The molecule has 1 aromatic heterocycles. The number of anilines is 1. The molecule has 1 aromatic carbocycles. The highest BCUT2D eigenvalue weighted by Crippen LogP contribution is 2.20. The predicted octanol–water partition coefficient (Wildman–Crippen LogP) is 2.35. The van der Waals surface area contributed by atoms with Gasteiger partial charge in [-0.1, -0.05) is 55.0 Å². The van der Waals surface area contributed by atoms with Crippen molar-refractivity contribution in [3.8, 4) is 0 Å². The number of aryl methyl sites for hydroxylation is 2. The Hall–Kier alpha value is -1.84. The van der Waals surface area contributed by atoms with Crippen LogP contribution in [0.25, 0.3) is 0 Å². The smallest absolute Gasteiger partial charge is 0.269 e. The molecule has 9 heteroatoms. The van der Waals surface area contributed by atoms with Crippen LogP contribution in [0.4, 0.5) is 5.13 Å². The fourth-order valence-electron chi connectivity index (χ4n) is 2.05. The maximum atomic E-state index is 12.2. The number of nitrogens with one attached hydrogen (secondary N) is 2. The van der Waals surface area contributed by atoms with Crippen LogP contribution in [-0.4, -0.2) is 31.1 Å². The summed E-state index contributed by atoms with van der Waals surface area (Å²) in [5.74, 6) is -0.449. The minimum absolute atomic E-state index is 0.151. The van der Waals surface area contributed by atoms with Crippen molar-refractivity contribution in [1.82, 2.24) is 14.9 Å². The van der Waals surface area contributed by atoms with Crippen molar-refractivity contribution in [2.75, 3.05) is 11.9 Å². The summed E-state index contributed by atoms with van der Waals surface area (Å²) in [6.45, 7) is 5.81. The van der Waals surface area contributed by atoms with Crippen molar-refractivity contribution in [1.29, 1.82) is 0 Å². The molecule has 0 spiro atoms. The first kappa shape index (κ1) is 19.5. The Kier molecular flexibility index (Phi) is 6.63. The Morgan fingerprint density at radius 2 is 2.04 bits per heavy atom. The third-order valence-corrected chi connectivity index (χ3v) is 6.07. The summed E-state index contributed by atoms with van der Waals surface area (Å²) in [5.41, 5.74) is 2.36. The largest absolute Gasteiger partial charge is 0.300 e. The summed E-state index contributed by atoms with van der Waals surface area (Å²) in [6, 6.07) is 8.12. The standard InChI is InChI=1S/C16H22N4O3S2/c1-11(2)14(21)18-15-19-20-16(24-15)25(22,23)17-9-5-8-13-7-4-6-12(3)10-13/h4,6-7,10-11,17H,5,8-9H2,1-3H3,(H,18,19,21). The highest BCUT2D eigenvalue weighted by atomic mass is 32.2. The molecule has 0 atom stereocenters. The number of nitrogens with zero attached hydrogens (tertiary/aromatic N) is 2. The van der Waals surface area contributed by atoms with E-state index in [1.165, 1.54) is 11.1 Å². The van der Waals surface area contributed by atoms with Gasteiger partial charge in [-0.25, -0.2) is 13.1 Å². The van der Waals surface area contributed by atoms with E-state index in [4.69, 9.17) is 0 Å². The Morgan fingerprint density at radius 3 is 2.72 bits per heavy atom. The van der Waals surface area contributed by atoms with Gasteiger partial charge in [0.1, 0.15) is 0 Å². The zero-order valence-corrected chi connectivity index (χ0v) is 16.1. The van der Waals surface area contributed by atoms with E-state index < -0.39 is 10.0 Å². The van der Waals surface area contributed by atoms with Crippen LogP contribution in [0.5, 0.6) is 0 Å². The van der Waals surface area contributed by atoms with Crippen LogP contribution in [-0.2, 0) is 21.2 Å². The molecule has 0 saturated heterocycles. The molecule has 1 heterocycles. The van der Waals surface area contributed by atoms with E-state index in [9.17, 15) is 13.2 Å².